The SMILES string of the molecule is CN(Cc1ccncc1)C(=O)CC1(C(=O)N(C)Cc2ccncc2)CCNC1.Cl.Cl.Cl. The smallest absolute Gasteiger partial charge is 0.230 e. The van der Waals surface area contributed by atoms with E-state index in [1.54, 1.807) is 48.7 Å². The van der Waals surface area contributed by atoms with Crippen LogP contribution < -0.4 is 5.32 Å². The van der Waals surface area contributed by atoms with Gasteiger partial charge in [-0.1, -0.05) is 0 Å². The molecular formula is C21H30Cl3N5O2. The first kappa shape index (κ1) is 29.1. The molecule has 1 atom stereocenters. The van der Waals surface area contributed by atoms with Crippen LogP contribution in [0.2, 0.25) is 0 Å². The van der Waals surface area contributed by atoms with Crippen molar-refractivity contribution in [1.82, 2.24) is 25.1 Å². The second kappa shape index (κ2) is 13.5. The fraction of sp³-hybridized carbons (Fsp3) is 0.429. The molecular weight excluding hydrogens is 461 g/mol. The van der Waals surface area contributed by atoms with E-state index in [2.05, 4.69) is 15.3 Å². The molecule has 2 aromatic rings. The summed E-state index contributed by atoms with van der Waals surface area (Å²) in [6.07, 6.45) is 7.75. The minimum Gasteiger partial charge on any atom is -0.341 e. The molecule has 10 heteroatoms. The second-order valence-electron chi connectivity index (χ2n) is 7.51. The lowest BCUT2D eigenvalue weighted by Gasteiger charge is -2.32. The summed E-state index contributed by atoms with van der Waals surface area (Å²) in [4.78, 5) is 37.6. The number of hydrogen-bond acceptors (Lipinski definition) is 5. The molecule has 0 aliphatic carbocycles. The number of carbonyl (C=O) groups is 2. The number of nitrogens with zero attached hydrogens (tertiary/aromatic N) is 4. The van der Waals surface area contributed by atoms with E-state index in [1.807, 2.05) is 24.3 Å². The van der Waals surface area contributed by atoms with Crippen molar-refractivity contribution >= 4 is 49.0 Å². The largest absolute Gasteiger partial charge is 0.341 e. The Labute approximate surface area is 202 Å². The van der Waals surface area contributed by atoms with Crippen LogP contribution in [0.15, 0.2) is 49.1 Å². The summed E-state index contributed by atoms with van der Waals surface area (Å²) in [7, 11) is 3.58. The molecule has 0 spiro atoms. The van der Waals surface area contributed by atoms with Crippen molar-refractivity contribution in [1.29, 1.82) is 0 Å². The maximum absolute atomic E-state index is 13.3. The van der Waals surface area contributed by atoms with Crippen LogP contribution in [0, 0.1) is 5.41 Å². The van der Waals surface area contributed by atoms with Gasteiger partial charge in [0, 0.05) is 64.9 Å². The van der Waals surface area contributed by atoms with Gasteiger partial charge in [-0.2, -0.15) is 0 Å². The average Bonchev–Trinajstić information content (AvgIpc) is 3.18. The summed E-state index contributed by atoms with van der Waals surface area (Å²) in [5.74, 6) is -0.00820. The van der Waals surface area contributed by atoms with Crippen LogP contribution in [0.5, 0.6) is 0 Å². The van der Waals surface area contributed by atoms with Crippen molar-refractivity contribution < 1.29 is 9.59 Å². The lowest BCUT2D eigenvalue weighted by Crippen LogP contribution is -2.46. The van der Waals surface area contributed by atoms with Crippen molar-refractivity contribution in [2.75, 3.05) is 27.2 Å². The van der Waals surface area contributed by atoms with Gasteiger partial charge in [-0.3, -0.25) is 19.6 Å². The van der Waals surface area contributed by atoms with E-state index in [-0.39, 0.29) is 55.5 Å². The molecule has 1 aliphatic rings. The van der Waals surface area contributed by atoms with Crippen LogP contribution in [0.3, 0.4) is 0 Å². The highest BCUT2D eigenvalue weighted by molar-refractivity contribution is 5.89. The predicted molar refractivity (Wildman–Crippen MR) is 128 cm³/mol. The normalized spacial score (nSPS) is 16.8. The van der Waals surface area contributed by atoms with Gasteiger partial charge in [-0.05, 0) is 48.4 Å². The summed E-state index contributed by atoms with van der Waals surface area (Å²) >= 11 is 0. The molecule has 1 unspecified atom stereocenters. The third-order valence-corrected chi connectivity index (χ3v) is 5.30. The van der Waals surface area contributed by atoms with Gasteiger partial charge in [-0.15, -0.1) is 37.2 Å². The van der Waals surface area contributed by atoms with Gasteiger partial charge in [0.15, 0.2) is 0 Å². The maximum atomic E-state index is 13.3. The van der Waals surface area contributed by atoms with Crippen LogP contribution in [-0.4, -0.2) is 58.8 Å². The number of nitrogens with one attached hydrogen (secondary N) is 1. The van der Waals surface area contributed by atoms with E-state index in [1.165, 1.54) is 0 Å². The topological polar surface area (TPSA) is 78.4 Å². The summed E-state index contributed by atoms with van der Waals surface area (Å²) in [5, 5.41) is 3.27. The van der Waals surface area contributed by atoms with Crippen LogP contribution in [0.25, 0.3) is 0 Å². The highest BCUT2D eigenvalue weighted by atomic mass is 35.5. The van der Waals surface area contributed by atoms with Crippen molar-refractivity contribution in [2.45, 2.75) is 25.9 Å². The number of carbonyl (C=O) groups excluding carboxylic acids is 2. The molecule has 172 valence electrons. The van der Waals surface area contributed by atoms with Gasteiger partial charge in [-0.25, -0.2) is 0 Å². The fourth-order valence-electron chi connectivity index (χ4n) is 3.67. The molecule has 2 aromatic heterocycles. The van der Waals surface area contributed by atoms with E-state index in [9.17, 15) is 9.59 Å². The molecule has 7 nitrogen and oxygen atoms in total. The molecule has 1 N–H and O–H groups in total. The summed E-state index contributed by atoms with van der Waals surface area (Å²) in [5.41, 5.74) is 1.35. The first-order valence-electron chi connectivity index (χ1n) is 9.48. The molecule has 0 bridgehead atoms. The van der Waals surface area contributed by atoms with E-state index in [0.29, 0.717) is 26.1 Å². The van der Waals surface area contributed by atoms with Gasteiger partial charge < -0.3 is 15.1 Å². The van der Waals surface area contributed by atoms with Gasteiger partial charge in [0.2, 0.25) is 11.8 Å². The molecule has 3 rings (SSSR count). The van der Waals surface area contributed by atoms with Gasteiger partial charge in [0.05, 0.1) is 5.41 Å². The van der Waals surface area contributed by atoms with Crippen molar-refractivity contribution in [3.8, 4) is 0 Å². The van der Waals surface area contributed by atoms with Crippen molar-refractivity contribution in [2.24, 2.45) is 5.41 Å². The zero-order valence-corrected chi connectivity index (χ0v) is 20.1. The molecule has 1 fully saturated rings. The van der Waals surface area contributed by atoms with E-state index in [0.717, 1.165) is 17.7 Å². The fourth-order valence-corrected chi connectivity index (χ4v) is 3.67. The Morgan fingerprint density at radius 1 is 0.903 bits per heavy atom. The Hall–Kier alpha value is -1.93. The Morgan fingerprint density at radius 2 is 1.39 bits per heavy atom. The van der Waals surface area contributed by atoms with Gasteiger partial charge >= 0.3 is 0 Å². The summed E-state index contributed by atoms with van der Waals surface area (Å²) in [6.45, 7) is 2.29. The minimum absolute atomic E-state index is 0. The minimum atomic E-state index is -0.689. The Balaban J connectivity index is 0.00000300. The Morgan fingerprint density at radius 3 is 1.84 bits per heavy atom. The number of aromatic nitrogens is 2. The molecule has 1 saturated heterocycles. The number of hydrogen-bond donors (Lipinski definition) is 1. The first-order chi connectivity index (χ1) is 13.5. The zero-order chi connectivity index (χ0) is 20.0. The number of halogens is 3. The lowest BCUT2D eigenvalue weighted by molar-refractivity contribution is -0.146. The van der Waals surface area contributed by atoms with Crippen LogP contribution in [0.1, 0.15) is 24.0 Å². The second-order valence-corrected chi connectivity index (χ2v) is 7.51. The predicted octanol–water partition coefficient (Wildman–Crippen LogP) is 2.73. The van der Waals surface area contributed by atoms with Crippen LogP contribution in [-0.2, 0) is 22.7 Å². The molecule has 3 heterocycles. The third-order valence-electron chi connectivity index (χ3n) is 5.30. The third kappa shape index (κ3) is 7.61. The Bertz CT molecular complexity index is 805. The van der Waals surface area contributed by atoms with E-state index >= 15 is 0 Å². The van der Waals surface area contributed by atoms with Gasteiger partial charge in [0.25, 0.3) is 0 Å². The highest BCUT2D eigenvalue weighted by Gasteiger charge is 2.45. The molecule has 0 aromatic carbocycles. The van der Waals surface area contributed by atoms with E-state index in [4.69, 9.17) is 0 Å². The number of rotatable bonds is 7. The van der Waals surface area contributed by atoms with Crippen LogP contribution >= 0.6 is 37.2 Å². The monoisotopic (exact) mass is 489 g/mol. The highest BCUT2D eigenvalue weighted by Crippen LogP contribution is 2.33. The maximum Gasteiger partial charge on any atom is 0.230 e. The average molecular weight is 491 g/mol. The molecule has 0 radical (unpaired) electrons. The van der Waals surface area contributed by atoms with Crippen LogP contribution in [0.4, 0.5) is 0 Å². The molecule has 0 saturated carbocycles. The summed E-state index contributed by atoms with van der Waals surface area (Å²) < 4.78 is 0. The van der Waals surface area contributed by atoms with Crippen molar-refractivity contribution in [3.05, 3.63) is 60.2 Å². The molecule has 31 heavy (non-hydrogen) atoms. The standard InChI is InChI=1S/C21H27N5O2.3ClH/c1-25(14-17-3-8-22-9-4-17)19(27)13-21(7-12-24-16-21)20(28)26(2)15-18-5-10-23-11-6-18;;;/h3-6,8-11,24H,7,12-16H2,1-2H3;3*1H. The quantitative estimate of drug-likeness (QED) is 0.646. The lowest BCUT2D eigenvalue weighted by atomic mass is 9.81. The van der Waals surface area contributed by atoms with E-state index < -0.39 is 5.41 Å². The molecule has 1 aliphatic heterocycles. The first-order valence-corrected chi connectivity index (χ1v) is 9.48. The Kier molecular flexibility index (Phi) is 12.6. The number of pyridine rings is 2. The number of amides is 2. The summed E-state index contributed by atoms with van der Waals surface area (Å²) in [6, 6.07) is 7.59. The zero-order valence-electron chi connectivity index (χ0n) is 17.7. The van der Waals surface area contributed by atoms with Gasteiger partial charge in [0.1, 0.15) is 0 Å². The van der Waals surface area contributed by atoms with Crippen molar-refractivity contribution in [3.63, 3.8) is 0 Å². The molecule has 2 amide bonds.